The van der Waals surface area contributed by atoms with Crippen molar-refractivity contribution < 1.29 is 8.78 Å². The van der Waals surface area contributed by atoms with Crippen molar-refractivity contribution in [3.63, 3.8) is 0 Å². The van der Waals surface area contributed by atoms with Crippen LogP contribution in [-0.4, -0.2) is 4.68 Å². The highest BCUT2D eigenvalue weighted by Crippen LogP contribution is 2.29. The molecule has 4 heteroatoms. The van der Waals surface area contributed by atoms with Gasteiger partial charge in [-0.25, -0.2) is 13.8 Å². The van der Waals surface area contributed by atoms with E-state index in [0.717, 1.165) is 22.3 Å². The molecule has 0 radical (unpaired) electrons. The zero-order chi connectivity index (χ0) is 16.5. The molecule has 4 aromatic rings. The van der Waals surface area contributed by atoms with Crippen molar-refractivity contribution in [3.05, 3.63) is 96.7 Å². The average Bonchev–Trinajstić information content (AvgIpc) is 3.03. The van der Waals surface area contributed by atoms with E-state index in [2.05, 4.69) is 0 Å². The lowest BCUT2D eigenvalue weighted by atomic mass is 10.2. The summed E-state index contributed by atoms with van der Waals surface area (Å²) in [5, 5.41) is 3.01. The van der Waals surface area contributed by atoms with E-state index in [4.69, 9.17) is 0 Å². The van der Waals surface area contributed by atoms with Gasteiger partial charge in [0.2, 0.25) is 0 Å². The van der Waals surface area contributed by atoms with Crippen LogP contribution in [-0.2, 0) is 0 Å². The summed E-state index contributed by atoms with van der Waals surface area (Å²) < 4.78 is 28.6. The van der Waals surface area contributed by atoms with E-state index in [-0.39, 0.29) is 11.6 Å². The lowest BCUT2D eigenvalue weighted by Crippen LogP contribution is -2.23. The fourth-order valence-electron chi connectivity index (χ4n) is 2.81. The molecule has 2 nitrogen and oxygen atoms in total. The van der Waals surface area contributed by atoms with Crippen molar-refractivity contribution in [1.82, 2.24) is 4.68 Å². The van der Waals surface area contributed by atoms with Crippen LogP contribution in [0.25, 0.3) is 10.9 Å². The van der Waals surface area contributed by atoms with Crippen LogP contribution in [0.1, 0.15) is 0 Å². The Labute approximate surface area is 138 Å². The number of benzene rings is 3. The molecule has 0 atom stereocenters. The molecular formula is C20H14F2N2. The molecule has 0 saturated carbocycles. The first-order chi connectivity index (χ1) is 11.7. The number of fused-ring (bicyclic) bond motifs is 1. The van der Waals surface area contributed by atoms with Gasteiger partial charge in [0.05, 0.1) is 16.9 Å². The van der Waals surface area contributed by atoms with Crippen molar-refractivity contribution in [2.24, 2.45) is 0 Å². The quantitative estimate of drug-likeness (QED) is 0.482. The number of hydrogen-bond donors (Lipinski definition) is 0. The van der Waals surface area contributed by atoms with Gasteiger partial charge in [0.25, 0.3) is 0 Å². The third-order valence-electron chi connectivity index (χ3n) is 3.94. The highest BCUT2D eigenvalue weighted by Gasteiger charge is 2.14. The van der Waals surface area contributed by atoms with Gasteiger partial charge in [0.1, 0.15) is 11.6 Å². The number of anilines is 2. The summed E-state index contributed by atoms with van der Waals surface area (Å²) in [6, 6.07) is 22.5. The van der Waals surface area contributed by atoms with Crippen LogP contribution in [0.15, 0.2) is 85.1 Å². The molecule has 0 aliphatic heterocycles. The number of aromatic nitrogens is 1. The van der Waals surface area contributed by atoms with Crippen LogP contribution in [0.2, 0.25) is 0 Å². The number of hydrogen-bond acceptors (Lipinski definition) is 1. The Morgan fingerprint density at radius 3 is 1.75 bits per heavy atom. The molecule has 1 heterocycles. The molecule has 1 aromatic heterocycles. The SMILES string of the molecule is Fc1ccc(N(c2ccc(F)cc2)n2ccc3ccccc32)cc1. The van der Waals surface area contributed by atoms with Gasteiger partial charge >= 0.3 is 0 Å². The number of rotatable bonds is 3. The highest BCUT2D eigenvalue weighted by atomic mass is 19.1. The molecule has 0 aliphatic carbocycles. The third kappa shape index (κ3) is 2.52. The smallest absolute Gasteiger partial charge is 0.123 e. The Morgan fingerprint density at radius 2 is 1.17 bits per heavy atom. The van der Waals surface area contributed by atoms with E-state index >= 15 is 0 Å². The van der Waals surface area contributed by atoms with Crippen molar-refractivity contribution in [2.75, 3.05) is 5.01 Å². The largest absolute Gasteiger partial charge is 0.256 e. The van der Waals surface area contributed by atoms with E-state index in [0.29, 0.717) is 0 Å². The number of nitrogens with zero attached hydrogens (tertiary/aromatic N) is 2. The second kappa shape index (κ2) is 5.81. The number of para-hydroxylation sites is 1. The Kier molecular flexibility index (Phi) is 3.50. The molecule has 0 unspecified atom stereocenters. The van der Waals surface area contributed by atoms with Gasteiger partial charge in [-0.3, -0.25) is 4.68 Å². The van der Waals surface area contributed by atoms with E-state index in [1.807, 2.05) is 46.2 Å². The van der Waals surface area contributed by atoms with Crippen LogP contribution in [0, 0.1) is 11.6 Å². The highest BCUT2D eigenvalue weighted by molar-refractivity contribution is 5.82. The predicted octanol–water partition coefficient (Wildman–Crippen LogP) is 5.52. The van der Waals surface area contributed by atoms with Crippen LogP contribution in [0.3, 0.4) is 0 Å². The lowest BCUT2D eigenvalue weighted by Gasteiger charge is -2.27. The zero-order valence-electron chi connectivity index (χ0n) is 12.7. The predicted molar refractivity (Wildman–Crippen MR) is 92.3 cm³/mol. The van der Waals surface area contributed by atoms with Crippen LogP contribution < -0.4 is 5.01 Å². The normalized spacial score (nSPS) is 10.9. The van der Waals surface area contributed by atoms with Crippen molar-refractivity contribution in [3.8, 4) is 0 Å². The maximum absolute atomic E-state index is 13.3. The van der Waals surface area contributed by atoms with Gasteiger partial charge in [-0.1, -0.05) is 18.2 Å². The number of halogens is 2. The standard InChI is InChI=1S/C20H14F2N2/c21-16-5-9-18(10-6-16)24(19-11-7-17(22)8-12-19)23-14-13-15-3-1-2-4-20(15)23/h1-14H. The van der Waals surface area contributed by atoms with E-state index in [1.165, 1.54) is 24.3 Å². The van der Waals surface area contributed by atoms with Crippen LogP contribution in [0.4, 0.5) is 20.2 Å². The topological polar surface area (TPSA) is 8.17 Å². The molecule has 0 spiro atoms. The molecule has 3 aromatic carbocycles. The first-order valence-electron chi connectivity index (χ1n) is 7.60. The summed E-state index contributed by atoms with van der Waals surface area (Å²) >= 11 is 0. The Balaban J connectivity index is 1.93. The van der Waals surface area contributed by atoms with Crippen molar-refractivity contribution >= 4 is 22.3 Å². The zero-order valence-corrected chi connectivity index (χ0v) is 12.7. The Bertz CT molecular complexity index is 927. The van der Waals surface area contributed by atoms with E-state index in [9.17, 15) is 8.78 Å². The summed E-state index contributed by atoms with van der Waals surface area (Å²) in [6.45, 7) is 0. The van der Waals surface area contributed by atoms with Crippen LogP contribution in [0.5, 0.6) is 0 Å². The van der Waals surface area contributed by atoms with Gasteiger partial charge in [0.15, 0.2) is 0 Å². The Morgan fingerprint density at radius 1 is 0.625 bits per heavy atom. The monoisotopic (exact) mass is 320 g/mol. The minimum atomic E-state index is -0.296. The first-order valence-corrected chi connectivity index (χ1v) is 7.60. The molecule has 0 aliphatic rings. The first kappa shape index (κ1) is 14.5. The van der Waals surface area contributed by atoms with Gasteiger partial charge in [-0.2, -0.15) is 0 Å². The van der Waals surface area contributed by atoms with Crippen molar-refractivity contribution in [1.29, 1.82) is 0 Å². The molecule has 4 rings (SSSR count). The summed E-state index contributed by atoms with van der Waals surface area (Å²) in [5.41, 5.74) is 2.57. The van der Waals surface area contributed by atoms with Crippen molar-refractivity contribution in [2.45, 2.75) is 0 Å². The molecule has 24 heavy (non-hydrogen) atoms. The Hall–Kier alpha value is -3.14. The molecular weight excluding hydrogens is 306 g/mol. The molecule has 0 N–H and O–H groups in total. The second-order valence-corrected chi connectivity index (χ2v) is 5.48. The van der Waals surface area contributed by atoms with Gasteiger partial charge in [0, 0.05) is 11.6 Å². The fourth-order valence-corrected chi connectivity index (χ4v) is 2.81. The third-order valence-corrected chi connectivity index (χ3v) is 3.94. The second-order valence-electron chi connectivity index (χ2n) is 5.48. The molecule has 0 amide bonds. The van der Waals surface area contributed by atoms with Gasteiger partial charge in [-0.15, -0.1) is 0 Å². The fraction of sp³-hybridized carbons (Fsp3) is 0. The minimum Gasteiger partial charge on any atom is -0.256 e. The maximum atomic E-state index is 13.3. The lowest BCUT2D eigenvalue weighted by molar-refractivity contribution is 0.627. The van der Waals surface area contributed by atoms with E-state index in [1.54, 1.807) is 24.3 Å². The molecule has 0 bridgehead atoms. The molecule has 118 valence electrons. The maximum Gasteiger partial charge on any atom is 0.123 e. The molecule has 0 fully saturated rings. The van der Waals surface area contributed by atoms with E-state index < -0.39 is 0 Å². The summed E-state index contributed by atoms with van der Waals surface area (Å²) in [4.78, 5) is 0. The summed E-state index contributed by atoms with van der Waals surface area (Å²) in [5.74, 6) is -0.592. The summed E-state index contributed by atoms with van der Waals surface area (Å²) in [6.07, 6.45) is 1.94. The summed E-state index contributed by atoms with van der Waals surface area (Å²) in [7, 11) is 0. The average molecular weight is 320 g/mol. The van der Waals surface area contributed by atoms with Gasteiger partial charge < -0.3 is 0 Å². The molecule has 0 saturated heterocycles. The van der Waals surface area contributed by atoms with Crippen LogP contribution >= 0.6 is 0 Å². The van der Waals surface area contributed by atoms with Gasteiger partial charge in [-0.05, 0) is 60.7 Å². The minimum absolute atomic E-state index is 0.296.